The SMILES string of the molecule is C=C(C)C(=O)NCCCC(C)(C)C(CC)S(=O)(=O)O. The lowest BCUT2D eigenvalue weighted by Gasteiger charge is -2.31. The van der Waals surface area contributed by atoms with Crippen LogP contribution in [0.3, 0.4) is 0 Å². The summed E-state index contributed by atoms with van der Waals surface area (Å²) in [6.07, 6.45) is 1.61. The average Bonchev–Trinajstić information content (AvgIpc) is 2.22. The summed E-state index contributed by atoms with van der Waals surface area (Å²) in [7, 11) is -4.04. The van der Waals surface area contributed by atoms with E-state index in [1.54, 1.807) is 13.8 Å². The Morgan fingerprint density at radius 1 is 1.42 bits per heavy atom. The van der Waals surface area contributed by atoms with Crippen LogP contribution in [0.2, 0.25) is 0 Å². The number of hydrogen-bond donors (Lipinski definition) is 2. The largest absolute Gasteiger partial charge is 0.352 e. The van der Waals surface area contributed by atoms with Gasteiger partial charge < -0.3 is 5.32 Å². The topological polar surface area (TPSA) is 83.5 Å². The van der Waals surface area contributed by atoms with E-state index in [1.165, 1.54) is 0 Å². The van der Waals surface area contributed by atoms with Crippen molar-refractivity contribution in [3.8, 4) is 0 Å². The van der Waals surface area contributed by atoms with E-state index >= 15 is 0 Å². The zero-order chi connectivity index (χ0) is 15.3. The van der Waals surface area contributed by atoms with Gasteiger partial charge in [-0.3, -0.25) is 9.35 Å². The van der Waals surface area contributed by atoms with Gasteiger partial charge in [-0.2, -0.15) is 8.42 Å². The molecule has 0 heterocycles. The lowest BCUT2D eigenvalue weighted by atomic mass is 9.83. The second kappa shape index (κ2) is 7.05. The van der Waals surface area contributed by atoms with E-state index in [4.69, 9.17) is 0 Å². The highest BCUT2D eigenvalue weighted by molar-refractivity contribution is 7.86. The number of carbonyl (C=O) groups excluding carboxylic acids is 1. The standard InChI is InChI=1S/C13H25NO4S/c1-6-11(19(16,17)18)13(4,5)8-7-9-14-12(15)10(2)3/h11H,2,6-9H2,1,3-5H3,(H,14,15)(H,16,17,18). The minimum Gasteiger partial charge on any atom is -0.352 e. The Hall–Kier alpha value is -0.880. The van der Waals surface area contributed by atoms with Crippen molar-refractivity contribution < 1.29 is 17.8 Å². The number of amides is 1. The van der Waals surface area contributed by atoms with Crippen LogP contribution >= 0.6 is 0 Å². The molecule has 19 heavy (non-hydrogen) atoms. The van der Waals surface area contributed by atoms with Crippen LogP contribution in [0.5, 0.6) is 0 Å². The lowest BCUT2D eigenvalue weighted by Crippen LogP contribution is -2.36. The molecule has 0 bridgehead atoms. The quantitative estimate of drug-likeness (QED) is 0.408. The fraction of sp³-hybridized carbons (Fsp3) is 0.769. The first-order valence-electron chi connectivity index (χ1n) is 6.42. The number of rotatable bonds is 8. The monoisotopic (exact) mass is 291 g/mol. The summed E-state index contributed by atoms with van der Waals surface area (Å²) in [6, 6.07) is 0. The molecule has 0 fully saturated rings. The maximum absolute atomic E-state index is 11.3. The molecular formula is C13H25NO4S. The maximum atomic E-state index is 11.3. The van der Waals surface area contributed by atoms with Gasteiger partial charge in [-0.05, 0) is 31.6 Å². The van der Waals surface area contributed by atoms with Crippen molar-refractivity contribution in [2.45, 2.75) is 52.2 Å². The molecule has 0 spiro atoms. The van der Waals surface area contributed by atoms with Crippen LogP contribution in [0.15, 0.2) is 12.2 Å². The van der Waals surface area contributed by atoms with Gasteiger partial charge in [-0.25, -0.2) is 0 Å². The van der Waals surface area contributed by atoms with Crippen LogP contribution in [-0.4, -0.2) is 30.7 Å². The summed E-state index contributed by atoms with van der Waals surface area (Å²) in [5.41, 5.74) is -0.0837. The molecule has 5 nitrogen and oxygen atoms in total. The molecule has 6 heteroatoms. The molecule has 0 aliphatic carbocycles. The maximum Gasteiger partial charge on any atom is 0.268 e. The van der Waals surface area contributed by atoms with Gasteiger partial charge in [-0.1, -0.05) is 27.4 Å². The molecule has 0 aliphatic heterocycles. The predicted molar refractivity (Wildman–Crippen MR) is 76.5 cm³/mol. The summed E-state index contributed by atoms with van der Waals surface area (Å²) >= 11 is 0. The van der Waals surface area contributed by atoms with Gasteiger partial charge in [-0.15, -0.1) is 0 Å². The van der Waals surface area contributed by atoms with Crippen LogP contribution in [0, 0.1) is 5.41 Å². The van der Waals surface area contributed by atoms with Crippen molar-refractivity contribution in [1.82, 2.24) is 5.32 Å². The van der Waals surface area contributed by atoms with Gasteiger partial charge in [0.1, 0.15) is 0 Å². The molecule has 0 saturated heterocycles. The van der Waals surface area contributed by atoms with Crippen molar-refractivity contribution in [2.24, 2.45) is 5.41 Å². The van der Waals surface area contributed by atoms with E-state index in [2.05, 4.69) is 11.9 Å². The van der Waals surface area contributed by atoms with E-state index in [-0.39, 0.29) is 5.91 Å². The second-order valence-electron chi connectivity index (χ2n) is 5.54. The normalized spacial score (nSPS) is 13.9. The van der Waals surface area contributed by atoms with Crippen LogP contribution in [-0.2, 0) is 14.9 Å². The zero-order valence-corrected chi connectivity index (χ0v) is 13.0. The Labute approximate surface area is 116 Å². The summed E-state index contributed by atoms with van der Waals surface area (Å²) < 4.78 is 31.8. The number of carbonyl (C=O) groups is 1. The van der Waals surface area contributed by atoms with Crippen molar-refractivity contribution in [3.05, 3.63) is 12.2 Å². The third-order valence-corrected chi connectivity index (χ3v) is 4.96. The molecule has 0 radical (unpaired) electrons. The van der Waals surface area contributed by atoms with E-state index in [0.717, 1.165) is 0 Å². The van der Waals surface area contributed by atoms with Gasteiger partial charge >= 0.3 is 0 Å². The molecular weight excluding hydrogens is 266 g/mol. The Balaban J connectivity index is 4.38. The highest BCUT2D eigenvalue weighted by Gasteiger charge is 2.36. The average molecular weight is 291 g/mol. The molecule has 2 N–H and O–H groups in total. The third-order valence-electron chi connectivity index (χ3n) is 3.27. The van der Waals surface area contributed by atoms with E-state index in [9.17, 15) is 17.8 Å². The fourth-order valence-electron chi connectivity index (χ4n) is 2.22. The van der Waals surface area contributed by atoms with E-state index < -0.39 is 20.8 Å². The summed E-state index contributed by atoms with van der Waals surface area (Å²) in [5, 5.41) is 1.92. The first-order valence-corrected chi connectivity index (χ1v) is 7.92. The van der Waals surface area contributed by atoms with Gasteiger partial charge in [0.15, 0.2) is 0 Å². The minimum absolute atomic E-state index is 0.195. The highest BCUT2D eigenvalue weighted by Crippen LogP contribution is 2.33. The van der Waals surface area contributed by atoms with Gasteiger partial charge in [0, 0.05) is 12.1 Å². The molecule has 0 rings (SSSR count). The van der Waals surface area contributed by atoms with Crippen LogP contribution in [0.25, 0.3) is 0 Å². The fourth-order valence-corrected chi connectivity index (χ4v) is 3.57. The molecule has 112 valence electrons. The smallest absolute Gasteiger partial charge is 0.268 e. The van der Waals surface area contributed by atoms with Crippen LogP contribution in [0.1, 0.15) is 47.0 Å². The number of nitrogens with one attached hydrogen (secondary N) is 1. The molecule has 0 aliphatic rings. The highest BCUT2D eigenvalue weighted by atomic mass is 32.2. The molecule has 1 amide bonds. The first kappa shape index (κ1) is 18.1. The molecule has 0 saturated carbocycles. The predicted octanol–water partition coefficient (Wildman–Crippen LogP) is 2.15. The minimum atomic E-state index is -4.04. The second-order valence-corrected chi connectivity index (χ2v) is 7.14. The Bertz CT molecular complexity index is 426. The van der Waals surface area contributed by atoms with Crippen molar-refractivity contribution in [3.63, 3.8) is 0 Å². The molecule has 0 aromatic rings. The first-order chi connectivity index (χ1) is 8.52. The van der Waals surface area contributed by atoms with Gasteiger partial charge in [0.05, 0.1) is 5.25 Å². The molecule has 0 aromatic carbocycles. The third kappa shape index (κ3) is 6.20. The summed E-state index contributed by atoms with van der Waals surface area (Å²) in [6.45, 7) is 11.0. The molecule has 0 aromatic heterocycles. The Morgan fingerprint density at radius 2 is 1.95 bits per heavy atom. The van der Waals surface area contributed by atoms with Gasteiger partial charge in [0.25, 0.3) is 10.1 Å². The van der Waals surface area contributed by atoms with E-state index in [0.29, 0.717) is 31.4 Å². The Morgan fingerprint density at radius 3 is 2.32 bits per heavy atom. The van der Waals surface area contributed by atoms with Crippen molar-refractivity contribution in [1.29, 1.82) is 0 Å². The van der Waals surface area contributed by atoms with Crippen molar-refractivity contribution in [2.75, 3.05) is 6.54 Å². The Kier molecular flexibility index (Phi) is 6.72. The molecule has 1 unspecified atom stereocenters. The summed E-state index contributed by atoms with van der Waals surface area (Å²) in [5.74, 6) is -0.195. The number of hydrogen-bond acceptors (Lipinski definition) is 3. The lowest BCUT2D eigenvalue weighted by molar-refractivity contribution is -0.117. The van der Waals surface area contributed by atoms with Gasteiger partial charge in [0.2, 0.25) is 5.91 Å². The van der Waals surface area contributed by atoms with Crippen LogP contribution < -0.4 is 5.32 Å². The molecule has 1 atom stereocenters. The van der Waals surface area contributed by atoms with E-state index in [1.807, 2.05) is 13.8 Å². The van der Waals surface area contributed by atoms with Crippen molar-refractivity contribution >= 4 is 16.0 Å². The summed E-state index contributed by atoms with van der Waals surface area (Å²) in [4.78, 5) is 11.3. The zero-order valence-electron chi connectivity index (χ0n) is 12.2. The van der Waals surface area contributed by atoms with Crippen LogP contribution in [0.4, 0.5) is 0 Å².